The molecule has 0 spiro atoms. The first-order valence-corrected chi connectivity index (χ1v) is 41.7. The van der Waals surface area contributed by atoms with Crippen molar-refractivity contribution in [2.24, 2.45) is 28.2 Å². The van der Waals surface area contributed by atoms with Crippen LogP contribution in [0.25, 0.3) is 130 Å². The van der Waals surface area contributed by atoms with E-state index in [-0.39, 0.29) is 0 Å². The van der Waals surface area contributed by atoms with Gasteiger partial charge in [-0.3, -0.25) is 0 Å². The Balaban J connectivity index is 0.000000151. The van der Waals surface area contributed by atoms with Gasteiger partial charge in [0.25, 0.3) is 0 Å². The van der Waals surface area contributed by atoms with Crippen molar-refractivity contribution in [1.29, 1.82) is 0 Å². The summed E-state index contributed by atoms with van der Waals surface area (Å²) in [6.07, 6.45) is 0. The monoisotopic (exact) mass is 1550 g/mol. The number of benzene rings is 15. The Morgan fingerprint density at radius 2 is 0.342 bits per heavy atom. The molecule has 0 atom stereocenters. The quantitative estimate of drug-likeness (QED) is 0.173. The molecular weight excluding hydrogens is 1440 g/mol. The SMILES string of the molecule is CC.CC.CC.CC.Cc1ccccc1.Cc1ccccc1.Cc1ccccc1.Cc1nc(-c2ccccc2)nc(-c2ccccc2)n1.Cn1c2ccccc2c2ccccc21.Cn1c2ccccc2c2ccccc21.Cn1c2ccccc2c2ccccc21.Cn1c2ccccc2c2ccccc21.c1ccc2c(c1)sc1ccccc12. The topological polar surface area (TPSA) is 58.4 Å². The first-order valence-electron chi connectivity index (χ1n) is 40.9. The van der Waals surface area contributed by atoms with Crippen molar-refractivity contribution in [3.05, 3.63) is 417 Å². The predicted octanol–water partition coefficient (Wildman–Crippen LogP) is 31.0. The Morgan fingerprint density at radius 1 is 0.179 bits per heavy atom. The normalized spacial score (nSPS) is 10.1. The second-order valence-corrected chi connectivity index (χ2v) is 27.8. The maximum absolute atomic E-state index is 4.55. The third-order valence-corrected chi connectivity index (χ3v) is 20.4. The first kappa shape index (κ1) is 87.7. The second-order valence-electron chi connectivity index (χ2n) is 26.7. The number of aryl methyl sites for hydroxylation is 8. The smallest absolute Gasteiger partial charge is 0.163 e. The number of rotatable bonds is 2. The minimum absolute atomic E-state index is 0.715. The summed E-state index contributed by atoms with van der Waals surface area (Å²) in [6, 6.07) is 136. The van der Waals surface area contributed by atoms with E-state index in [4.69, 9.17) is 0 Å². The Morgan fingerprint density at radius 3 is 0.530 bits per heavy atom. The van der Waals surface area contributed by atoms with Crippen LogP contribution in [0.1, 0.15) is 77.9 Å². The molecule has 8 heteroatoms. The summed E-state index contributed by atoms with van der Waals surface area (Å²) in [7, 11) is 8.46. The zero-order chi connectivity index (χ0) is 83.3. The number of hydrogen-bond donors (Lipinski definition) is 0. The van der Waals surface area contributed by atoms with E-state index in [1.165, 1.54) is 124 Å². The van der Waals surface area contributed by atoms with Crippen molar-refractivity contribution in [2.75, 3.05) is 0 Å². The van der Waals surface area contributed by atoms with Gasteiger partial charge in [0.15, 0.2) is 11.6 Å². The lowest BCUT2D eigenvalue weighted by Gasteiger charge is -2.05. The van der Waals surface area contributed by atoms with E-state index < -0.39 is 0 Å². The van der Waals surface area contributed by atoms with Crippen molar-refractivity contribution in [3.63, 3.8) is 0 Å². The van der Waals surface area contributed by atoms with Crippen LogP contribution in [0.4, 0.5) is 0 Å². The average molecular weight is 1550 g/mol. The number of aromatic nitrogens is 7. The van der Waals surface area contributed by atoms with Crippen LogP contribution in [0.15, 0.2) is 394 Å². The highest BCUT2D eigenvalue weighted by Gasteiger charge is 2.11. The minimum atomic E-state index is 0.715. The highest BCUT2D eigenvalue weighted by Crippen LogP contribution is 2.34. The molecule has 0 amide bonds. The van der Waals surface area contributed by atoms with Gasteiger partial charge in [-0.1, -0.05) is 406 Å². The first-order chi connectivity index (χ1) is 57.5. The third-order valence-electron chi connectivity index (χ3n) is 19.2. The molecule has 0 saturated carbocycles. The van der Waals surface area contributed by atoms with Crippen LogP contribution in [0.5, 0.6) is 0 Å². The van der Waals surface area contributed by atoms with Gasteiger partial charge in [0.05, 0.1) is 0 Å². The van der Waals surface area contributed by atoms with Gasteiger partial charge in [0.2, 0.25) is 0 Å². The van der Waals surface area contributed by atoms with E-state index in [9.17, 15) is 0 Å². The van der Waals surface area contributed by atoms with Crippen molar-refractivity contribution < 1.29 is 0 Å². The molecule has 0 unspecified atom stereocenters. The maximum atomic E-state index is 4.55. The van der Waals surface area contributed by atoms with Gasteiger partial charge >= 0.3 is 0 Å². The van der Waals surface area contributed by atoms with Crippen molar-refractivity contribution >= 4 is 119 Å². The number of para-hydroxylation sites is 8. The fraction of sp³-hybridized carbons (Fsp3) is 0.147. The zero-order valence-electron chi connectivity index (χ0n) is 71.1. The predicted molar refractivity (Wildman–Crippen MR) is 515 cm³/mol. The van der Waals surface area contributed by atoms with E-state index >= 15 is 0 Å². The van der Waals surface area contributed by atoms with E-state index in [1.807, 2.05) is 189 Å². The molecule has 0 N–H and O–H groups in total. The summed E-state index contributed by atoms with van der Waals surface area (Å²) in [5, 5.41) is 13.5. The maximum Gasteiger partial charge on any atom is 0.163 e. The van der Waals surface area contributed by atoms with Crippen molar-refractivity contribution in [2.45, 2.75) is 83.1 Å². The van der Waals surface area contributed by atoms with Gasteiger partial charge in [-0.2, -0.15) is 0 Å². The lowest BCUT2D eigenvalue weighted by Crippen LogP contribution is -1.99. The van der Waals surface area contributed by atoms with Crippen LogP contribution in [0.2, 0.25) is 0 Å². The van der Waals surface area contributed by atoms with Crippen LogP contribution in [0, 0.1) is 27.7 Å². The second kappa shape index (κ2) is 46.2. The standard InChI is InChI=1S/C16H13N3.4C13H11N.C12H8S.3C7H8.4C2H6/c1-12-17-15(13-8-4-2-5-9-13)19-16(18-12)14-10-6-3-7-11-14;4*1-14-12-8-4-2-6-10(12)11-7-3-5-9-13(11)14;1-3-7-11-9(5-1)10-6-2-4-8-12(10)13-11;3*1-7-5-3-2-4-6-7;4*1-2/h2-11H,1H3;4*2-9H,1H3;1-8H;3*2-6H,1H3;4*1-2H3. The highest BCUT2D eigenvalue weighted by atomic mass is 32.1. The van der Waals surface area contributed by atoms with Crippen LogP contribution in [-0.2, 0) is 28.2 Å². The fourth-order valence-electron chi connectivity index (χ4n) is 13.7. The van der Waals surface area contributed by atoms with Gasteiger partial charge in [0, 0.05) is 147 Å². The molecule has 6 heterocycles. The van der Waals surface area contributed by atoms with E-state index in [2.05, 4.69) is 361 Å². The fourth-order valence-corrected chi connectivity index (χ4v) is 14.8. The minimum Gasteiger partial charge on any atom is -0.344 e. The molecule has 0 bridgehead atoms. The number of thiophene rings is 1. The summed E-state index contributed by atoms with van der Waals surface area (Å²) in [4.78, 5) is 13.4. The molecule has 6 aromatic heterocycles. The molecule has 0 radical (unpaired) electrons. The molecule has 15 aromatic carbocycles. The van der Waals surface area contributed by atoms with E-state index in [1.54, 1.807) is 0 Å². The largest absolute Gasteiger partial charge is 0.344 e. The summed E-state index contributed by atoms with van der Waals surface area (Å²) in [6.45, 7) is 24.1. The van der Waals surface area contributed by atoms with Crippen LogP contribution < -0.4 is 0 Å². The third kappa shape index (κ3) is 23.0. The Hall–Kier alpha value is -13.3. The van der Waals surface area contributed by atoms with Gasteiger partial charge in [-0.25, -0.2) is 15.0 Å². The lowest BCUT2D eigenvalue weighted by molar-refractivity contribution is 0.992. The average Bonchev–Trinajstić information content (AvgIpc) is 1.55. The molecule has 7 nitrogen and oxygen atoms in total. The molecule has 0 aliphatic carbocycles. The molecule has 21 aromatic rings. The molecule has 0 saturated heterocycles. The molecule has 117 heavy (non-hydrogen) atoms. The molecule has 21 rings (SSSR count). The molecular formula is C109H113N7S. The Labute approximate surface area is 698 Å². The Bertz CT molecular complexity index is 5600. The van der Waals surface area contributed by atoms with Crippen molar-refractivity contribution in [1.82, 2.24) is 33.2 Å². The molecule has 590 valence electrons. The Kier molecular flexibility index (Phi) is 34.6. The van der Waals surface area contributed by atoms with Crippen LogP contribution in [0.3, 0.4) is 0 Å². The number of nitrogens with zero attached hydrogens (tertiary/aromatic N) is 7. The van der Waals surface area contributed by atoms with Crippen molar-refractivity contribution in [3.8, 4) is 22.8 Å². The van der Waals surface area contributed by atoms with E-state index in [0.717, 1.165) is 17.0 Å². The summed E-state index contributed by atoms with van der Waals surface area (Å²) in [5.74, 6) is 2.16. The molecule has 0 aliphatic heterocycles. The van der Waals surface area contributed by atoms with Gasteiger partial charge in [-0.15, -0.1) is 11.3 Å². The highest BCUT2D eigenvalue weighted by molar-refractivity contribution is 7.25. The van der Waals surface area contributed by atoms with Crippen LogP contribution in [-0.4, -0.2) is 33.2 Å². The summed E-state index contributed by atoms with van der Waals surface area (Å²) in [5.41, 5.74) is 16.4. The van der Waals surface area contributed by atoms with Gasteiger partial charge in [0.1, 0.15) is 5.82 Å². The number of fused-ring (bicyclic) bond motifs is 15. The molecule has 0 fully saturated rings. The van der Waals surface area contributed by atoms with Gasteiger partial charge < -0.3 is 18.3 Å². The summed E-state index contributed by atoms with van der Waals surface area (Å²) >= 11 is 1.86. The number of hydrogen-bond acceptors (Lipinski definition) is 4. The lowest BCUT2D eigenvalue weighted by atomic mass is 10.2. The van der Waals surface area contributed by atoms with Gasteiger partial charge in [-0.05, 0) is 88.4 Å². The molecule has 0 aliphatic rings. The van der Waals surface area contributed by atoms with Crippen LogP contribution >= 0.6 is 11.3 Å². The summed E-state index contributed by atoms with van der Waals surface area (Å²) < 4.78 is 11.7. The van der Waals surface area contributed by atoms with E-state index in [0.29, 0.717) is 11.6 Å². The zero-order valence-corrected chi connectivity index (χ0v) is 71.9.